The SMILES string of the molecule is Cc1cc(C)c(C)c(C)c1.Cc1ccc(C(C)(C)C)cc1.Cc1ccc2c(c1)-c1ccccc1C2(C)C.Cc1ccc2c(ccc3ccccc32)c1.Cc1ccc2oc3ccccc3c2c1.Cc1ccc2sc3ccccc3c2c1.Cc1cccc2c1oc1c(-c3ccccc3)cccc12.Cc1cccc2c1sc1c(-c3ccccc3)cccc12.Cc1cccc2sc3ccccc3c12. The molecule has 0 aliphatic heterocycles. The number of aryl methyl sites for hydroxylation is 11. The maximum atomic E-state index is 6.17. The fourth-order valence-corrected chi connectivity index (χ4v) is 22.1. The lowest BCUT2D eigenvalue weighted by Crippen LogP contribution is -2.14. The highest BCUT2D eigenvalue weighted by Gasteiger charge is 2.35. The molecule has 24 aromatic rings. The molecule has 0 N–H and O–H groups in total. The summed E-state index contributed by atoms with van der Waals surface area (Å²) in [5.74, 6) is 0. The molecule has 0 atom stereocenters. The van der Waals surface area contributed by atoms with Crippen molar-refractivity contribution in [2.45, 2.75) is 129 Å². The molecule has 0 saturated heterocycles. The Hall–Kier alpha value is -14.0. The van der Waals surface area contributed by atoms with E-state index in [9.17, 15) is 0 Å². The van der Waals surface area contributed by atoms with Crippen LogP contribution in [-0.4, -0.2) is 0 Å². The Balaban J connectivity index is 0.000000106. The fraction of sp³-hybridized carbons (Fsp3) is 0.147. The van der Waals surface area contributed by atoms with Gasteiger partial charge in [0.2, 0.25) is 0 Å². The maximum Gasteiger partial charge on any atom is 0.143 e. The van der Waals surface area contributed by atoms with Crippen LogP contribution in [-0.2, 0) is 10.8 Å². The second-order valence-electron chi connectivity index (χ2n) is 37.3. The van der Waals surface area contributed by atoms with Gasteiger partial charge in [0.25, 0.3) is 0 Å². The second-order valence-corrected chi connectivity index (χ2v) is 40.5. The van der Waals surface area contributed by atoms with E-state index in [-0.39, 0.29) is 10.8 Å². The molecule has 134 heavy (non-hydrogen) atoms. The predicted octanol–water partition coefficient (Wildman–Crippen LogP) is 39.0. The van der Waals surface area contributed by atoms with Gasteiger partial charge in [0.05, 0.1) is 0 Å². The number of benzene rings is 19. The van der Waals surface area contributed by atoms with E-state index in [0.29, 0.717) is 0 Å². The van der Waals surface area contributed by atoms with Gasteiger partial charge in [0, 0.05) is 93.0 Å². The minimum atomic E-state index is 0.152. The van der Waals surface area contributed by atoms with Crippen molar-refractivity contribution < 1.29 is 8.83 Å². The number of rotatable bonds is 2. The van der Waals surface area contributed by atoms with Crippen LogP contribution >= 0.6 is 34.0 Å². The lowest BCUT2D eigenvalue weighted by atomic mass is 9.82. The fourth-order valence-electron chi connectivity index (χ4n) is 18.5. The van der Waals surface area contributed by atoms with Crippen molar-refractivity contribution in [3.63, 3.8) is 0 Å². The first-order valence-corrected chi connectivity index (χ1v) is 49.0. The number of furan rings is 2. The van der Waals surface area contributed by atoms with Crippen LogP contribution in [0.25, 0.3) is 159 Å². The van der Waals surface area contributed by atoms with Crippen molar-refractivity contribution in [1.82, 2.24) is 0 Å². The Morgan fingerprint density at radius 1 is 0.231 bits per heavy atom. The first-order chi connectivity index (χ1) is 64.8. The van der Waals surface area contributed by atoms with E-state index in [1.807, 2.05) is 64.3 Å². The molecule has 0 saturated carbocycles. The lowest BCUT2D eigenvalue weighted by Gasteiger charge is -2.21. The van der Waals surface area contributed by atoms with Gasteiger partial charge < -0.3 is 8.83 Å². The van der Waals surface area contributed by atoms with Crippen LogP contribution in [0.2, 0.25) is 0 Å². The van der Waals surface area contributed by atoms with Crippen molar-refractivity contribution in [2.24, 2.45) is 0 Å². The average Bonchev–Trinajstić information content (AvgIpc) is 1.58. The van der Waals surface area contributed by atoms with Crippen molar-refractivity contribution >= 4 is 160 Å². The molecule has 1 aliphatic rings. The number of hydrogen-bond acceptors (Lipinski definition) is 5. The molecular formula is C129H116O2S3. The number of hydrogen-bond donors (Lipinski definition) is 0. The third-order valence-corrected chi connectivity index (χ3v) is 29.6. The predicted molar refractivity (Wildman–Crippen MR) is 590 cm³/mol. The topological polar surface area (TPSA) is 26.3 Å². The first-order valence-electron chi connectivity index (χ1n) is 46.6. The van der Waals surface area contributed by atoms with E-state index < -0.39 is 0 Å². The number of para-hydroxylation sites is 3. The summed E-state index contributed by atoms with van der Waals surface area (Å²) in [5.41, 5.74) is 32.5. The van der Waals surface area contributed by atoms with Crippen LogP contribution in [0.15, 0.2) is 403 Å². The van der Waals surface area contributed by atoms with E-state index >= 15 is 0 Å². The molecule has 0 fully saturated rings. The zero-order valence-corrected chi connectivity index (χ0v) is 82.5. The Kier molecular flexibility index (Phi) is 27.5. The van der Waals surface area contributed by atoms with Crippen molar-refractivity contribution in [3.05, 3.63) is 478 Å². The Bertz CT molecular complexity index is 8030. The molecule has 5 heteroatoms. The van der Waals surface area contributed by atoms with E-state index in [1.54, 1.807) is 0 Å². The molecular weight excluding hydrogens is 1680 g/mol. The van der Waals surface area contributed by atoms with E-state index in [2.05, 4.69) is 482 Å². The smallest absolute Gasteiger partial charge is 0.143 e. The summed E-state index contributed by atoms with van der Waals surface area (Å²) in [4.78, 5) is 0. The molecule has 0 radical (unpaired) electrons. The van der Waals surface area contributed by atoms with Gasteiger partial charge in [-0.15, -0.1) is 34.0 Å². The van der Waals surface area contributed by atoms with Gasteiger partial charge in [0.1, 0.15) is 22.3 Å². The average molecular weight is 1790 g/mol. The molecule has 0 spiro atoms. The van der Waals surface area contributed by atoms with Gasteiger partial charge in [-0.25, -0.2) is 0 Å². The first kappa shape index (κ1) is 91.8. The molecule has 19 aromatic carbocycles. The summed E-state index contributed by atoms with van der Waals surface area (Å²) in [6.45, 7) is 37.1. The van der Waals surface area contributed by atoms with Crippen LogP contribution in [0.5, 0.6) is 0 Å². The zero-order chi connectivity index (χ0) is 93.5. The van der Waals surface area contributed by atoms with Crippen molar-refractivity contribution in [1.29, 1.82) is 0 Å². The van der Waals surface area contributed by atoms with Gasteiger partial charge in [-0.3, -0.25) is 0 Å². The van der Waals surface area contributed by atoms with Crippen LogP contribution in [0.4, 0.5) is 0 Å². The molecule has 0 bridgehead atoms. The van der Waals surface area contributed by atoms with Gasteiger partial charge in [-0.1, -0.05) is 414 Å². The quantitative estimate of drug-likeness (QED) is 0.161. The molecule has 0 amide bonds. The minimum Gasteiger partial charge on any atom is -0.456 e. The Morgan fingerprint density at radius 3 is 1.40 bits per heavy atom. The summed E-state index contributed by atoms with van der Waals surface area (Å²) in [5, 5.41) is 18.5. The molecule has 2 nitrogen and oxygen atoms in total. The largest absolute Gasteiger partial charge is 0.456 e. The van der Waals surface area contributed by atoms with Crippen LogP contribution in [0.1, 0.15) is 118 Å². The lowest BCUT2D eigenvalue weighted by molar-refractivity contribution is 0.590. The Morgan fingerprint density at radius 2 is 0.687 bits per heavy atom. The summed E-state index contributed by atoms with van der Waals surface area (Å²) < 4.78 is 20.2. The number of fused-ring (bicyclic) bond motifs is 21. The van der Waals surface area contributed by atoms with E-state index in [1.165, 1.54) is 215 Å². The summed E-state index contributed by atoms with van der Waals surface area (Å²) in [7, 11) is 0. The van der Waals surface area contributed by atoms with Gasteiger partial charge >= 0.3 is 0 Å². The van der Waals surface area contributed by atoms with Crippen molar-refractivity contribution in [2.75, 3.05) is 0 Å². The highest BCUT2D eigenvalue weighted by atomic mass is 32.1. The zero-order valence-electron chi connectivity index (χ0n) is 80.1. The number of thiophene rings is 3. The summed E-state index contributed by atoms with van der Waals surface area (Å²) >= 11 is 5.66. The molecule has 1 aliphatic carbocycles. The van der Waals surface area contributed by atoms with E-state index in [0.717, 1.165) is 27.9 Å². The highest BCUT2D eigenvalue weighted by molar-refractivity contribution is 7.27. The van der Waals surface area contributed by atoms with Gasteiger partial charge in [-0.2, -0.15) is 0 Å². The Labute approximate surface area is 802 Å². The van der Waals surface area contributed by atoms with Crippen LogP contribution < -0.4 is 0 Å². The molecule has 5 aromatic heterocycles. The second kappa shape index (κ2) is 40.2. The standard InChI is InChI=1S/C19H14O.C19H14S.C16H16.C15H12.C13H10O.2C13H10S.C11H16.C10H14/c2*1-13-7-5-11-16-17-12-6-10-15(19(17)20-18(13)16)14-8-3-2-4-9-14;1-11-8-9-15-13(10-11)12-6-4-5-7-14(12)16(15,2)3;1-11-6-9-15-13(10-11)8-7-12-4-2-3-5-14(12)15;1-9-6-7-13-11(8-9)10-4-2-3-5-12(10)14-13;1-9-5-4-8-12-13(9)10-6-2-3-7-11(10)14-12;1-9-6-7-13-11(8-9)10-4-2-3-5-12(10)14-13;1-9-5-7-10(8-6-9)11(2,3)4;1-7-5-8(2)10(4)9(3)6-7/h2*2-12H,1H3;4-10H,1-3H3;2-10H,1H3;3*2-8H,1H3;5-8H,1-4H3;5-6H,1-4H3. The van der Waals surface area contributed by atoms with E-state index in [4.69, 9.17) is 8.83 Å². The molecule has 25 rings (SSSR count). The molecule has 5 heterocycles. The van der Waals surface area contributed by atoms with Gasteiger partial charge in [0.15, 0.2) is 0 Å². The van der Waals surface area contributed by atoms with Gasteiger partial charge in [-0.05, 0) is 236 Å². The molecule has 662 valence electrons. The minimum absolute atomic E-state index is 0.152. The normalized spacial score (nSPS) is 11.7. The highest BCUT2D eigenvalue weighted by Crippen LogP contribution is 2.49. The summed E-state index contributed by atoms with van der Waals surface area (Å²) in [6, 6.07) is 140. The van der Waals surface area contributed by atoms with Crippen LogP contribution in [0, 0.1) is 83.1 Å². The third kappa shape index (κ3) is 20.0. The monoisotopic (exact) mass is 1790 g/mol. The third-order valence-electron chi connectivity index (χ3n) is 25.9. The summed E-state index contributed by atoms with van der Waals surface area (Å²) in [6.07, 6.45) is 0. The molecule has 0 unspecified atom stereocenters. The van der Waals surface area contributed by atoms with Crippen molar-refractivity contribution in [3.8, 4) is 33.4 Å². The van der Waals surface area contributed by atoms with Crippen LogP contribution in [0.3, 0.4) is 0 Å². The maximum absolute atomic E-state index is 6.17.